The summed E-state index contributed by atoms with van der Waals surface area (Å²) in [5.41, 5.74) is 0. The summed E-state index contributed by atoms with van der Waals surface area (Å²) in [7, 11) is -0.518. The van der Waals surface area contributed by atoms with Gasteiger partial charge in [0.15, 0.2) is 0 Å². The fourth-order valence-electron chi connectivity index (χ4n) is 1.09. The van der Waals surface area contributed by atoms with Crippen LogP contribution in [-0.2, 0) is 10.8 Å². The first-order valence-corrected chi connectivity index (χ1v) is 6.05. The molecule has 1 saturated heterocycles. The van der Waals surface area contributed by atoms with Gasteiger partial charge in [0.05, 0.1) is 4.58 Å². The van der Waals surface area contributed by atoms with E-state index >= 15 is 0 Å². The van der Waals surface area contributed by atoms with E-state index in [4.69, 9.17) is 0 Å². The lowest BCUT2D eigenvalue weighted by Gasteiger charge is -2.09. The quantitative estimate of drug-likeness (QED) is 0.643. The van der Waals surface area contributed by atoms with Crippen LogP contribution in [0.1, 0.15) is 26.7 Å². The predicted octanol–water partition coefficient (Wildman–Crippen LogP) is 2.00. The standard InChI is InChI=1S/C7H14OS2/c1-6(2)9-7-4-3-5-10(7)8/h6-7H,3-5H2,1-2H3. The van der Waals surface area contributed by atoms with Crippen LogP contribution in [0.4, 0.5) is 0 Å². The molecule has 0 aromatic carbocycles. The van der Waals surface area contributed by atoms with E-state index in [1.54, 1.807) is 0 Å². The van der Waals surface area contributed by atoms with E-state index in [1.807, 2.05) is 11.8 Å². The zero-order chi connectivity index (χ0) is 7.56. The van der Waals surface area contributed by atoms with Crippen molar-refractivity contribution in [3.05, 3.63) is 0 Å². The molecule has 0 aromatic rings. The molecule has 10 heavy (non-hydrogen) atoms. The highest BCUT2D eigenvalue weighted by atomic mass is 32.2. The van der Waals surface area contributed by atoms with Gasteiger partial charge in [0, 0.05) is 21.8 Å². The third kappa shape index (κ3) is 2.27. The van der Waals surface area contributed by atoms with E-state index in [0.29, 0.717) is 9.83 Å². The predicted molar refractivity (Wildman–Crippen MR) is 48.8 cm³/mol. The Labute approximate surface area is 69.4 Å². The lowest BCUT2D eigenvalue weighted by Crippen LogP contribution is -2.06. The number of thioether (sulfide) groups is 1. The van der Waals surface area contributed by atoms with Crippen LogP contribution in [0.2, 0.25) is 0 Å². The van der Waals surface area contributed by atoms with Gasteiger partial charge in [-0.1, -0.05) is 13.8 Å². The van der Waals surface area contributed by atoms with Gasteiger partial charge in [0.2, 0.25) is 0 Å². The van der Waals surface area contributed by atoms with Crippen molar-refractivity contribution < 1.29 is 4.21 Å². The Morgan fingerprint density at radius 1 is 1.60 bits per heavy atom. The van der Waals surface area contributed by atoms with Crippen LogP contribution >= 0.6 is 11.8 Å². The van der Waals surface area contributed by atoms with Crippen molar-refractivity contribution in [3.8, 4) is 0 Å². The molecule has 0 radical (unpaired) electrons. The van der Waals surface area contributed by atoms with E-state index in [1.165, 1.54) is 0 Å². The monoisotopic (exact) mass is 178 g/mol. The van der Waals surface area contributed by atoms with Gasteiger partial charge in [-0.3, -0.25) is 4.21 Å². The molecule has 0 aliphatic carbocycles. The van der Waals surface area contributed by atoms with Crippen molar-refractivity contribution in [2.45, 2.75) is 36.5 Å². The second-order valence-corrected chi connectivity index (χ2v) is 6.66. The molecule has 1 heterocycles. The van der Waals surface area contributed by atoms with Crippen molar-refractivity contribution in [1.82, 2.24) is 0 Å². The molecule has 60 valence electrons. The molecule has 0 amide bonds. The Balaban J connectivity index is 2.33. The number of hydrogen-bond acceptors (Lipinski definition) is 2. The fourth-order valence-corrected chi connectivity index (χ4v) is 4.59. The summed E-state index contributed by atoms with van der Waals surface area (Å²) >= 11 is 1.87. The van der Waals surface area contributed by atoms with Crippen molar-refractivity contribution >= 4 is 22.6 Å². The minimum Gasteiger partial charge on any atom is -0.258 e. The molecule has 0 aromatic heterocycles. The molecule has 0 spiro atoms. The zero-order valence-corrected chi connectivity index (χ0v) is 8.13. The Bertz CT molecular complexity index is 134. The van der Waals surface area contributed by atoms with Crippen LogP contribution in [0.15, 0.2) is 0 Å². The van der Waals surface area contributed by atoms with Gasteiger partial charge in [0.1, 0.15) is 0 Å². The first-order valence-electron chi connectivity index (χ1n) is 3.73. The van der Waals surface area contributed by atoms with Gasteiger partial charge in [-0.25, -0.2) is 0 Å². The van der Waals surface area contributed by atoms with Crippen molar-refractivity contribution in [2.24, 2.45) is 0 Å². The van der Waals surface area contributed by atoms with E-state index in [9.17, 15) is 4.21 Å². The van der Waals surface area contributed by atoms with E-state index in [0.717, 1.165) is 18.6 Å². The highest BCUT2D eigenvalue weighted by molar-refractivity contribution is 8.11. The minimum absolute atomic E-state index is 0.444. The maximum Gasteiger partial charge on any atom is 0.0804 e. The van der Waals surface area contributed by atoms with Gasteiger partial charge < -0.3 is 0 Å². The first-order chi connectivity index (χ1) is 4.70. The Kier molecular flexibility index (Phi) is 3.24. The first kappa shape index (κ1) is 8.60. The van der Waals surface area contributed by atoms with Gasteiger partial charge in [-0.15, -0.1) is 11.8 Å². The van der Waals surface area contributed by atoms with Crippen LogP contribution in [0.5, 0.6) is 0 Å². The second-order valence-electron chi connectivity index (χ2n) is 2.84. The summed E-state index contributed by atoms with van der Waals surface area (Å²) < 4.78 is 11.6. The summed E-state index contributed by atoms with van der Waals surface area (Å²) in [6.07, 6.45) is 2.33. The molecule has 0 saturated carbocycles. The molecule has 1 fully saturated rings. The van der Waals surface area contributed by atoms with Gasteiger partial charge in [-0.2, -0.15) is 0 Å². The van der Waals surface area contributed by atoms with Crippen LogP contribution < -0.4 is 0 Å². The number of hydrogen-bond donors (Lipinski definition) is 0. The smallest absolute Gasteiger partial charge is 0.0804 e. The summed E-state index contributed by atoms with van der Waals surface area (Å²) in [5.74, 6) is 0.935. The average molecular weight is 178 g/mol. The molecule has 2 atom stereocenters. The third-order valence-electron chi connectivity index (χ3n) is 1.50. The molecule has 1 rings (SSSR count). The highest BCUT2D eigenvalue weighted by Gasteiger charge is 2.23. The summed E-state index contributed by atoms with van der Waals surface area (Å²) in [6, 6.07) is 0. The second kappa shape index (κ2) is 3.77. The zero-order valence-electron chi connectivity index (χ0n) is 6.50. The topological polar surface area (TPSA) is 17.1 Å². The average Bonchev–Trinajstić information content (AvgIpc) is 2.15. The molecule has 2 unspecified atom stereocenters. The van der Waals surface area contributed by atoms with Crippen LogP contribution in [0, 0.1) is 0 Å². The van der Waals surface area contributed by atoms with E-state index in [-0.39, 0.29) is 0 Å². The SMILES string of the molecule is CC(C)SC1CCCS1=O. The Hall–Kier alpha value is 0.500. The van der Waals surface area contributed by atoms with Gasteiger partial charge in [-0.05, 0) is 12.8 Å². The molecule has 0 N–H and O–H groups in total. The highest BCUT2D eigenvalue weighted by Crippen LogP contribution is 2.29. The third-order valence-corrected chi connectivity index (χ3v) is 5.08. The minimum atomic E-state index is -0.518. The lowest BCUT2D eigenvalue weighted by molar-refractivity contribution is 0.686. The largest absolute Gasteiger partial charge is 0.258 e. The molecular weight excluding hydrogens is 164 g/mol. The summed E-state index contributed by atoms with van der Waals surface area (Å²) in [5, 5.41) is 0.632. The molecule has 3 heteroatoms. The van der Waals surface area contributed by atoms with Crippen LogP contribution in [0.3, 0.4) is 0 Å². The van der Waals surface area contributed by atoms with Crippen molar-refractivity contribution in [2.75, 3.05) is 5.75 Å². The van der Waals surface area contributed by atoms with Gasteiger partial charge in [0.25, 0.3) is 0 Å². The molecular formula is C7H14OS2. The summed E-state index contributed by atoms with van der Waals surface area (Å²) in [6.45, 7) is 4.33. The Morgan fingerprint density at radius 3 is 2.70 bits per heavy atom. The molecule has 0 bridgehead atoms. The van der Waals surface area contributed by atoms with Crippen LogP contribution in [-0.4, -0.2) is 19.8 Å². The van der Waals surface area contributed by atoms with E-state index in [2.05, 4.69) is 13.8 Å². The van der Waals surface area contributed by atoms with Crippen molar-refractivity contribution in [1.29, 1.82) is 0 Å². The molecule has 1 aliphatic rings. The van der Waals surface area contributed by atoms with Crippen molar-refractivity contribution in [3.63, 3.8) is 0 Å². The van der Waals surface area contributed by atoms with E-state index < -0.39 is 10.8 Å². The molecule has 1 aliphatic heterocycles. The van der Waals surface area contributed by atoms with Crippen LogP contribution in [0.25, 0.3) is 0 Å². The molecule has 1 nitrogen and oxygen atoms in total. The lowest BCUT2D eigenvalue weighted by atomic mass is 10.4. The fraction of sp³-hybridized carbons (Fsp3) is 1.00. The number of rotatable bonds is 2. The Morgan fingerprint density at radius 2 is 2.30 bits per heavy atom. The summed E-state index contributed by atoms with van der Waals surface area (Å²) in [4.78, 5) is 0. The maximum absolute atomic E-state index is 11.2. The maximum atomic E-state index is 11.2. The normalized spacial score (nSPS) is 33.5. The van der Waals surface area contributed by atoms with Gasteiger partial charge >= 0.3 is 0 Å².